The molecule has 0 radical (unpaired) electrons. The molecule has 0 fully saturated rings. The molecule has 0 spiro atoms. The first-order valence-corrected chi connectivity index (χ1v) is 8.83. The Morgan fingerprint density at radius 1 is 1.00 bits per heavy atom. The molecule has 4 aromatic rings. The summed E-state index contributed by atoms with van der Waals surface area (Å²) in [6, 6.07) is 16.0. The Balaban J connectivity index is 1.57. The summed E-state index contributed by atoms with van der Waals surface area (Å²) >= 11 is 6.17. The van der Waals surface area contributed by atoms with E-state index >= 15 is 0 Å². The third kappa shape index (κ3) is 3.95. The van der Waals surface area contributed by atoms with E-state index in [9.17, 15) is 18.0 Å². The van der Waals surface area contributed by atoms with E-state index in [-0.39, 0.29) is 5.56 Å². The van der Waals surface area contributed by atoms with Crippen LogP contribution in [0.2, 0.25) is 5.02 Å². The zero-order chi connectivity index (χ0) is 20.6. The average molecular weight is 417 g/mol. The van der Waals surface area contributed by atoms with Crippen LogP contribution >= 0.6 is 11.6 Å². The second-order valence-electron chi connectivity index (χ2n) is 6.21. The third-order valence-electron chi connectivity index (χ3n) is 4.22. The Kier molecular flexibility index (Phi) is 4.76. The second kappa shape index (κ2) is 7.25. The summed E-state index contributed by atoms with van der Waals surface area (Å²) in [5.74, 6) is -0.194. The van der Waals surface area contributed by atoms with Crippen LogP contribution in [0, 0.1) is 0 Å². The largest absolute Gasteiger partial charge is 0.436 e. The van der Waals surface area contributed by atoms with E-state index in [1.165, 1.54) is 0 Å². The number of nitrogens with one attached hydrogen (secondary N) is 1. The molecule has 1 heterocycles. The minimum atomic E-state index is -4.45. The van der Waals surface area contributed by atoms with Gasteiger partial charge in [0.2, 0.25) is 5.89 Å². The predicted molar refractivity (Wildman–Crippen MR) is 104 cm³/mol. The Morgan fingerprint density at radius 2 is 1.72 bits per heavy atom. The van der Waals surface area contributed by atoms with Crippen LogP contribution in [0.3, 0.4) is 0 Å². The number of nitrogens with zero attached hydrogens (tertiary/aromatic N) is 1. The van der Waals surface area contributed by atoms with Gasteiger partial charge < -0.3 is 9.73 Å². The topological polar surface area (TPSA) is 55.1 Å². The smallest absolute Gasteiger partial charge is 0.416 e. The summed E-state index contributed by atoms with van der Waals surface area (Å²) in [7, 11) is 0. The van der Waals surface area contributed by atoms with Gasteiger partial charge in [0.05, 0.1) is 16.1 Å². The number of amides is 1. The number of hydrogen-bond acceptors (Lipinski definition) is 3. The van der Waals surface area contributed by atoms with E-state index in [0.29, 0.717) is 33.3 Å². The van der Waals surface area contributed by atoms with E-state index in [2.05, 4.69) is 10.3 Å². The summed E-state index contributed by atoms with van der Waals surface area (Å²) in [6.45, 7) is 0. The monoisotopic (exact) mass is 416 g/mol. The molecule has 0 saturated heterocycles. The van der Waals surface area contributed by atoms with E-state index in [1.807, 2.05) is 6.07 Å². The molecule has 0 bridgehead atoms. The van der Waals surface area contributed by atoms with Crippen LogP contribution in [-0.2, 0) is 6.18 Å². The predicted octanol–water partition coefficient (Wildman–Crippen LogP) is 6.42. The summed E-state index contributed by atoms with van der Waals surface area (Å²) < 4.78 is 43.7. The lowest BCUT2D eigenvalue weighted by Gasteiger charge is -2.08. The highest BCUT2D eigenvalue weighted by Gasteiger charge is 2.30. The fourth-order valence-corrected chi connectivity index (χ4v) is 2.98. The maximum absolute atomic E-state index is 12.6. The number of aromatic nitrogens is 1. The second-order valence-corrected chi connectivity index (χ2v) is 6.62. The van der Waals surface area contributed by atoms with Gasteiger partial charge in [-0.1, -0.05) is 23.7 Å². The highest BCUT2D eigenvalue weighted by Crippen LogP contribution is 2.31. The number of benzene rings is 3. The normalized spacial score (nSPS) is 11.6. The van der Waals surface area contributed by atoms with Crippen molar-refractivity contribution in [3.8, 4) is 11.5 Å². The zero-order valence-electron chi connectivity index (χ0n) is 14.6. The molecule has 146 valence electrons. The van der Waals surface area contributed by atoms with Crippen LogP contribution in [0.1, 0.15) is 15.9 Å². The molecule has 0 aliphatic carbocycles. The fraction of sp³-hybridized carbons (Fsp3) is 0.0476. The molecule has 0 aliphatic heterocycles. The number of alkyl halides is 3. The molecule has 0 saturated carbocycles. The van der Waals surface area contributed by atoms with Crippen molar-refractivity contribution < 1.29 is 22.4 Å². The van der Waals surface area contributed by atoms with Crippen LogP contribution in [0.15, 0.2) is 71.1 Å². The van der Waals surface area contributed by atoms with Gasteiger partial charge in [0.1, 0.15) is 5.52 Å². The van der Waals surface area contributed by atoms with E-state index in [1.54, 1.807) is 36.4 Å². The highest BCUT2D eigenvalue weighted by molar-refractivity contribution is 6.33. The quantitative estimate of drug-likeness (QED) is 0.419. The minimum absolute atomic E-state index is 0.104. The number of anilines is 1. The van der Waals surface area contributed by atoms with Crippen LogP contribution in [0.4, 0.5) is 18.9 Å². The molecule has 0 aliphatic rings. The van der Waals surface area contributed by atoms with E-state index in [4.69, 9.17) is 16.0 Å². The molecule has 1 aromatic heterocycles. The van der Waals surface area contributed by atoms with Gasteiger partial charge in [0, 0.05) is 17.3 Å². The van der Waals surface area contributed by atoms with Gasteiger partial charge in [-0.25, -0.2) is 4.98 Å². The van der Waals surface area contributed by atoms with E-state index in [0.717, 1.165) is 24.3 Å². The molecule has 8 heteroatoms. The standard InChI is InChI=1S/C21H12ClF3N2O2/c22-16-4-2-1-3-15(16)20-27-17-10-9-14(11-18(17)29-20)26-19(28)12-5-7-13(8-6-12)21(23,24)25/h1-11H,(H,26,28). The first-order chi connectivity index (χ1) is 13.8. The van der Waals surface area contributed by atoms with Gasteiger partial charge >= 0.3 is 6.18 Å². The fourth-order valence-electron chi connectivity index (χ4n) is 2.77. The van der Waals surface area contributed by atoms with Crippen molar-refractivity contribution in [1.82, 2.24) is 4.98 Å². The molecule has 3 aromatic carbocycles. The van der Waals surface area contributed by atoms with Gasteiger partial charge in [-0.2, -0.15) is 13.2 Å². The molecular weight excluding hydrogens is 405 g/mol. The minimum Gasteiger partial charge on any atom is -0.436 e. The Hall–Kier alpha value is -3.32. The molecule has 1 amide bonds. The molecule has 4 nitrogen and oxygen atoms in total. The number of carbonyl (C=O) groups excluding carboxylic acids is 1. The van der Waals surface area contributed by atoms with Crippen molar-refractivity contribution in [1.29, 1.82) is 0 Å². The summed E-state index contributed by atoms with van der Waals surface area (Å²) in [6.07, 6.45) is -4.45. The van der Waals surface area contributed by atoms with E-state index < -0.39 is 17.6 Å². The number of halogens is 4. The van der Waals surface area contributed by atoms with Gasteiger partial charge in [0.15, 0.2) is 5.58 Å². The molecule has 4 rings (SSSR count). The number of oxazole rings is 1. The van der Waals surface area contributed by atoms with Crippen LogP contribution in [-0.4, -0.2) is 10.9 Å². The summed E-state index contributed by atoms with van der Waals surface area (Å²) in [4.78, 5) is 16.7. The first-order valence-electron chi connectivity index (χ1n) is 8.45. The molecule has 29 heavy (non-hydrogen) atoms. The van der Waals surface area contributed by atoms with Crippen molar-refractivity contribution in [2.45, 2.75) is 6.18 Å². The molecule has 1 N–H and O–H groups in total. The highest BCUT2D eigenvalue weighted by atomic mass is 35.5. The van der Waals surface area contributed by atoms with Gasteiger partial charge in [-0.3, -0.25) is 4.79 Å². The molecule has 0 unspecified atom stereocenters. The van der Waals surface area contributed by atoms with Crippen molar-refractivity contribution in [2.75, 3.05) is 5.32 Å². The maximum Gasteiger partial charge on any atom is 0.416 e. The van der Waals surface area contributed by atoms with Crippen molar-refractivity contribution in [3.63, 3.8) is 0 Å². The van der Waals surface area contributed by atoms with Crippen molar-refractivity contribution in [2.24, 2.45) is 0 Å². The Morgan fingerprint density at radius 3 is 2.41 bits per heavy atom. The number of rotatable bonds is 3. The van der Waals surface area contributed by atoms with Crippen LogP contribution in [0.5, 0.6) is 0 Å². The average Bonchev–Trinajstić information content (AvgIpc) is 3.11. The lowest BCUT2D eigenvalue weighted by atomic mass is 10.1. The van der Waals surface area contributed by atoms with Crippen LogP contribution < -0.4 is 5.32 Å². The third-order valence-corrected chi connectivity index (χ3v) is 4.55. The van der Waals surface area contributed by atoms with Crippen molar-refractivity contribution >= 4 is 34.3 Å². The van der Waals surface area contributed by atoms with Crippen molar-refractivity contribution in [3.05, 3.63) is 82.9 Å². The first kappa shape index (κ1) is 19.0. The Labute approximate surface area is 167 Å². The number of fused-ring (bicyclic) bond motifs is 1. The Bertz CT molecular complexity index is 1200. The van der Waals surface area contributed by atoms with Gasteiger partial charge in [0.25, 0.3) is 5.91 Å². The summed E-state index contributed by atoms with van der Waals surface area (Å²) in [5, 5.41) is 3.13. The SMILES string of the molecule is O=C(Nc1ccc2nc(-c3ccccc3Cl)oc2c1)c1ccc(C(F)(F)F)cc1. The number of carbonyl (C=O) groups is 1. The lowest BCUT2D eigenvalue weighted by Crippen LogP contribution is -2.12. The van der Waals surface area contributed by atoms with Crippen LogP contribution in [0.25, 0.3) is 22.6 Å². The lowest BCUT2D eigenvalue weighted by molar-refractivity contribution is -0.137. The zero-order valence-corrected chi connectivity index (χ0v) is 15.4. The number of hydrogen-bond donors (Lipinski definition) is 1. The summed E-state index contributed by atoms with van der Waals surface area (Å²) in [5.41, 5.74) is 1.36. The maximum atomic E-state index is 12.6. The van der Waals surface area contributed by atoms with Gasteiger partial charge in [-0.05, 0) is 48.5 Å². The van der Waals surface area contributed by atoms with Gasteiger partial charge in [-0.15, -0.1) is 0 Å². The molecular formula is C21H12ClF3N2O2. The molecule has 0 atom stereocenters.